The van der Waals surface area contributed by atoms with Crippen LogP contribution in [0.4, 0.5) is 0 Å². The topological polar surface area (TPSA) is 46.2 Å². The zero-order valence-electron chi connectivity index (χ0n) is 6.97. The number of nitrogens with one attached hydrogen (secondary N) is 1. The maximum absolute atomic E-state index is 10.7. The molecule has 1 amide bonds. The van der Waals surface area contributed by atoms with Crippen molar-refractivity contribution < 1.29 is 13.7 Å². The van der Waals surface area contributed by atoms with Crippen molar-refractivity contribution in [2.45, 2.75) is 6.42 Å². The molecule has 3 heteroatoms. The van der Waals surface area contributed by atoms with Crippen LogP contribution in [0.15, 0.2) is 12.2 Å². The van der Waals surface area contributed by atoms with Crippen LogP contribution < -0.4 is 5.31 Å². The Labute approximate surface area is 50.6 Å². The van der Waals surface area contributed by atoms with Crippen molar-refractivity contribution >= 4 is 11.7 Å². The van der Waals surface area contributed by atoms with E-state index in [4.69, 9.17) is 4.15 Å². The van der Waals surface area contributed by atoms with Crippen LogP contribution in [-0.4, -0.2) is 11.7 Å². The zero-order chi connectivity index (χ0) is 8.59. The minimum absolute atomic E-state index is 0.254. The van der Waals surface area contributed by atoms with Gasteiger partial charge in [0.15, 0.2) is 7.20 Å². The Kier molecular flexibility index (Phi) is 0.541. The number of carbonyl (C=O) groups excluding carboxylic acids is 2. The van der Waals surface area contributed by atoms with E-state index in [0.717, 1.165) is 0 Å². The smallest absolute Gasteiger partial charge is 0.231 e. The predicted molar refractivity (Wildman–Crippen MR) is 26.9 cm³/mol. The number of allylic oxidation sites excluding steroid dienone is 1. The highest BCUT2D eigenvalue weighted by Crippen LogP contribution is 1.90. The van der Waals surface area contributed by atoms with E-state index in [1.807, 2.05) is 0 Å². The van der Waals surface area contributed by atoms with E-state index < -0.39 is 30.3 Å². The van der Waals surface area contributed by atoms with E-state index in [9.17, 15) is 9.59 Å². The van der Waals surface area contributed by atoms with Crippen LogP contribution in [0.1, 0.15) is 9.16 Å². The number of hydrogen-bond donors (Lipinski definition) is 1. The van der Waals surface area contributed by atoms with Gasteiger partial charge in [-0.25, -0.2) is 0 Å². The summed E-state index contributed by atoms with van der Waals surface area (Å²) in [5.41, 5.74) is 0. The molecule has 1 aliphatic heterocycles. The Morgan fingerprint density at radius 1 is 1.88 bits per heavy atom. The van der Waals surface area contributed by atoms with E-state index >= 15 is 0 Å². The van der Waals surface area contributed by atoms with Crippen LogP contribution in [0.2, 0.25) is 1.41 Å². The third-order valence-electron chi connectivity index (χ3n) is 0.688. The fraction of sp³-hybridized carbons (Fsp3) is 0.200. The van der Waals surface area contributed by atoms with Gasteiger partial charge in [-0.15, -0.1) is 0 Å². The van der Waals surface area contributed by atoms with Crippen molar-refractivity contribution in [3.63, 3.8) is 0 Å². The van der Waals surface area contributed by atoms with Gasteiger partial charge in [-0.1, -0.05) is 0 Å². The van der Waals surface area contributed by atoms with E-state index in [0.29, 0.717) is 0 Å². The van der Waals surface area contributed by atoms with E-state index in [1.165, 1.54) is 0 Å². The second-order valence-electron chi connectivity index (χ2n) is 1.34. The molecule has 0 aromatic carbocycles. The van der Waals surface area contributed by atoms with E-state index in [1.54, 1.807) is 0 Å². The Bertz CT molecular complexity index is 260. The standard InChI is InChI=1S/C5H5NO2/c7-4-1-2-6-5(8)3-4/h1-2H,3H2,(H,6,8)/i1D,2D/hD. The number of rotatable bonds is 0. The summed E-state index contributed by atoms with van der Waals surface area (Å²) in [6.45, 7) is 0. The first-order chi connectivity index (χ1) is 5.04. The van der Waals surface area contributed by atoms with Crippen LogP contribution in [0.5, 0.6) is 0 Å². The van der Waals surface area contributed by atoms with Crippen molar-refractivity contribution in [1.82, 2.24) is 5.31 Å². The maximum Gasteiger partial charge on any atom is 0.231 e. The fourth-order valence-corrected chi connectivity index (χ4v) is 0.374. The first-order valence-electron chi connectivity index (χ1n) is 3.51. The first kappa shape index (κ1) is 2.44. The molecule has 8 heavy (non-hydrogen) atoms. The predicted octanol–water partition coefficient (Wildman–Crippen LogP) is -0.411. The first-order valence-corrected chi connectivity index (χ1v) is 2.06. The third-order valence-corrected chi connectivity index (χ3v) is 0.688. The monoisotopic (exact) mass is 114 g/mol. The second-order valence-corrected chi connectivity index (χ2v) is 1.34. The summed E-state index contributed by atoms with van der Waals surface area (Å²) < 4.78 is 20.7. The van der Waals surface area contributed by atoms with Gasteiger partial charge in [0.2, 0.25) is 5.91 Å². The molecule has 0 aromatic rings. The number of ketones is 1. The van der Waals surface area contributed by atoms with Gasteiger partial charge in [0, 0.05) is 6.18 Å². The lowest BCUT2D eigenvalue weighted by Gasteiger charge is -2.00. The van der Waals surface area contributed by atoms with Crippen molar-refractivity contribution in [3.8, 4) is 0 Å². The van der Waals surface area contributed by atoms with Gasteiger partial charge < -0.3 is 5.31 Å². The van der Waals surface area contributed by atoms with E-state index in [-0.39, 0.29) is 5.31 Å². The molecular formula is C5H5NO2. The van der Waals surface area contributed by atoms with Crippen LogP contribution in [0.25, 0.3) is 0 Å². The summed E-state index contributed by atoms with van der Waals surface area (Å²) in [5, 5.41) is 0.254. The summed E-state index contributed by atoms with van der Waals surface area (Å²) in [6.07, 6.45) is -1.11. The van der Waals surface area contributed by atoms with Gasteiger partial charge in [-0.2, -0.15) is 0 Å². The summed E-state index contributed by atoms with van der Waals surface area (Å²) >= 11 is 0. The highest BCUT2D eigenvalue weighted by atomic mass is 16.2. The summed E-state index contributed by atoms with van der Waals surface area (Å²) in [7, 11) is 0. The largest absolute Gasteiger partial charge is 0.332 e. The molecule has 1 N–H and O–H groups in total. The van der Waals surface area contributed by atoms with Crippen molar-refractivity contribution in [1.29, 1.82) is 0 Å². The Balaban J connectivity index is 3.08. The van der Waals surface area contributed by atoms with Crippen molar-refractivity contribution in [2.75, 3.05) is 0 Å². The molecule has 0 unspecified atom stereocenters. The lowest BCUT2D eigenvalue weighted by Crippen LogP contribution is -2.24. The molecule has 0 saturated carbocycles. The molecule has 0 aromatic heterocycles. The molecule has 0 atom stereocenters. The molecule has 1 rings (SSSR count). The van der Waals surface area contributed by atoms with Crippen molar-refractivity contribution in [3.05, 3.63) is 12.2 Å². The number of carbonyl (C=O) groups is 2. The molecule has 0 fully saturated rings. The average molecular weight is 114 g/mol. The number of amides is 1. The average Bonchev–Trinajstić information content (AvgIpc) is 1.97. The summed E-state index contributed by atoms with van der Waals surface area (Å²) in [4.78, 5) is 21.3. The SMILES string of the molecule is [2H]C1=C([2H])N([2H])C(=O)CC1=O. The van der Waals surface area contributed by atoms with Gasteiger partial charge in [-0.3, -0.25) is 9.59 Å². The molecule has 0 bridgehead atoms. The van der Waals surface area contributed by atoms with Crippen LogP contribution in [-0.2, 0) is 9.59 Å². The molecule has 0 saturated heterocycles. The Morgan fingerprint density at radius 3 is 3.38 bits per heavy atom. The molecule has 1 heterocycles. The van der Waals surface area contributed by atoms with Gasteiger partial charge in [0.05, 0.1) is 9.16 Å². The second kappa shape index (κ2) is 1.78. The fourth-order valence-electron chi connectivity index (χ4n) is 0.374. The highest BCUT2D eigenvalue weighted by Gasteiger charge is 2.08. The molecular weight excluding hydrogens is 106 g/mol. The number of hydrogen-bond acceptors (Lipinski definition) is 2. The van der Waals surface area contributed by atoms with Crippen molar-refractivity contribution in [2.24, 2.45) is 0 Å². The lowest BCUT2D eigenvalue weighted by atomic mass is 10.2. The Morgan fingerprint density at radius 2 is 2.62 bits per heavy atom. The molecule has 0 spiro atoms. The molecule has 1 aliphatic rings. The maximum atomic E-state index is 10.7. The summed E-state index contributed by atoms with van der Waals surface area (Å²) in [6, 6.07) is -0.570. The Hall–Kier alpha value is -1.12. The zero-order valence-corrected chi connectivity index (χ0v) is 3.97. The van der Waals surface area contributed by atoms with Crippen LogP contribution in [0, 0.1) is 0 Å². The minimum atomic E-state index is -0.754. The molecule has 3 nitrogen and oxygen atoms in total. The normalized spacial score (nSPS) is 27.5. The van der Waals surface area contributed by atoms with E-state index in [2.05, 4.69) is 0 Å². The van der Waals surface area contributed by atoms with Gasteiger partial charge in [0.1, 0.15) is 0 Å². The quantitative estimate of drug-likeness (QED) is 0.435. The third kappa shape index (κ3) is 0.932. The van der Waals surface area contributed by atoms with Gasteiger partial charge in [0.25, 0.3) is 0 Å². The molecule has 0 aliphatic carbocycles. The lowest BCUT2D eigenvalue weighted by molar-refractivity contribution is -0.126. The summed E-state index contributed by atoms with van der Waals surface area (Å²) in [5.74, 6) is -1.44. The highest BCUT2D eigenvalue weighted by molar-refractivity contribution is 6.06. The molecule has 0 radical (unpaired) electrons. The van der Waals surface area contributed by atoms with Crippen LogP contribution >= 0.6 is 0 Å². The molecule has 42 valence electrons. The van der Waals surface area contributed by atoms with Gasteiger partial charge >= 0.3 is 0 Å². The van der Waals surface area contributed by atoms with Crippen LogP contribution in [0.3, 0.4) is 0 Å². The van der Waals surface area contributed by atoms with Gasteiger partial charge in [-0.05, 0) is 6.05 Å². The minimum Gasteiger partial charge on any atom is -0.332 e.